The molecule has 1 aliphatic heterocycles. The molecule has 132 valence electrons. The van der Waals surface area contributed by atoms with E-state index in [1.807, 2.05) is 23.6 Å². The molecule has 2 heterocycles. The molecule has 1 fully saturated rings. The van der Waals surface area contributed by atoms with Crippen molar-refractivity contribution in [3.05, 3.63) is 46.2 Å². The Bertz CT molecular complexity index is 740. The lowest BCUT2D eigenvalue weighted by Crippen LogP contribution is -2.36. The number of thiophene rings is 1. The minimum atomic E-state index is -0.471. The Morgan fingerprint density at radius 1 is 1.28 bits per heavy atom. The monoisotopic (exact) mass is 360 g/mol. The molecule has 0 unspecified atom stereocenters. The van der Waals surface area contributed by atoms with Gasteiger partial charge < -0.3 is 19.7 Å². The van der Waals surface area contributed by atoms with Crippen molar-refractivity contribution in [3.8, 4) is 0 Å². The smallest absolute Gasteiger partial charge is 0.340 e. The number of anilines is 2. The van der Waals surface area contributed by atoms with Crippen LogP contribution in [0.2, 0.25) is 0 Å². The summed E-state index contributed by atoms with van der Waals surface area (Å²) in [5.41, 5.74) is 1.73. The Kier molecular flexibility index (Phi) is 5.67. The quantitative estimate of drug-likeness (QED) is 0.830. The summed E-state index contributed by atoms with van der Waals surface area (Å²) < 4.78 is 10.2. The molecule has 3 rings (SSSR count). The lowest BCUT2D eigenvalue weighted by atomic mass is 10.1. The maximum absolute atomic E-state index is 12.2. The molecule has 0 atom stereocenters. The molecule has 2 aromatic rings. The van der Waals surface area contributed by atoms with Gasteiger partial charge in [-0.15, -0.1) is 11.3 Å². The number of ether oxygens (including phenoxy) is 2. The normalized spacial score (nSPS) is 14.2. The van der Waals surface area contributed by atoms with E-state index >= 15 is 0 Å². The van der Waals surface area contributed by atoms with Crippen molar-refractivity contribution in [2.75, 3.05) is 43.6 Å². The summed E-state index contributed by atoms with van der Waals surface area (Å²) in [6.45, 7) is 2.86. The predicted octanol–water partition coefficient (Wildman–Crippen LogP) is 2.55. The van der Waals surface area contributed by atoms with Crippen molar-refractivity contribution in [1.29, 1.82) is 0 Å². The van der Waals surface area contributed by atoms with Gasteiger partial charge in [-0.2, -0.15) is 0 Å². The number of esters is 1. The molecule has 1 saturated heterocycles. The van der Waals surface area contributed by atoms with Crippen LogP contribution in [0.25, 0.3) is 0 Å². The Morgan fingerprint density at radius 3 is 2.76 bits per heavy atom. The zero-order chi connectivity index (χ0) is 17.6. The average molecular weight is 360 g/mol. The number of hydrogen-bond donors (Lipinski definition) is 1. The van der Waals surface area contributed by atoms with Crippen molar-refractivity contribution < 1.29 is 19.1 Å². The van der Waals surface area contributed by atoms with Gasteiger partial charge in [0.15, 0.2) is 0 Å². The van der Waals surface area contributed by atoms with Crippen LogP contribution in [-0.4, -0.2) is 45.3 Å². The van der Waals surface area contributed by atoms with E-state index in [1.165, 1.54) is 18.4 Å². The zero-order valence-electron chi connectivity index (χ0n) is 14.0. The molecule has 1 aromatic heterocycles. The van der Waals surface area contributed by atoms with Crippen molar-refractivity contribution >= 4 is 34.6 Å². The Hall–Kier alpha value is -2.38. The molecule has 1 amide bonds. The first-order chi connectivity index (χ1) is 12.2. The van der Waals surface area contributed by atoms with Gasteiger partial charge in [-0.25, -0.2) is 4.79 Å². The number of methoxy groups -OCH3 is 1. The van der Waals surface area contributed by atoms with Crippen molar-refractivity contribution in [2.45, 2.75) is 6.42 Å². The second-order valence-electron chi connectivity index (χ2n) is 5.63. The van der Waals surface area contributed by atoms with E-state index < -0.39 is 5.97 Å². The summed E-state index contributed by atoms with van der Waals surface area (Å²) in [4.78, 5) is 27.5. The fraction of sp³-hybridized carbons (Fsp3) is 0.333. The van der Waals surface area contributed by atoms with Crippen LogP contribution in [0.4, 0.5) is 11.4 Å². The van der Waals surface area contributed by atoms with E-state index in [9.17, 15) is 9.59 Å². The molecular formula is C18H20N2O4S. The molecule has 0 spiro atoms. The van der Waals surface area contributed by atoms with Crippen molar-refractivity contribution in [3.63, 3.8) is 0 Å². The number of carbonyl (C=O) groups is 2. The highest BCUT2D eigenvalue weighted by molar-refractivity contribution is 7.10. The standard InChI is InChI=1S/C18H20N2O4S/c1-23-18(22)15-11-13(20-6-8-24-9-7-20)4-5-16(15)19-17(21)12-14-3-2-10-25-14/h2-5,10-11H,6-9,12H2,1H3,(H,19,21). The van der Waals surface area contributed by atoms with Crippen LogP contribution in [-0.2, 0) is 20.7 Å². The summed E-state index contributed by atoms with van der Waals surface area (Å²) in [7, 11) is 1.33. The maximum Gasteiger partial charge on any atom is 0.340 e. The van der Waals surface area contributed by atoms with Gasteiger partial charge in [0, 0.05) is 23.7 Å². The minimum absolute atomic E-state index is 0.160. The summed E-state index contributed by atoms with van der Waals surface area (Å²) in [5.74, 6) is -0.631. The summed E-state index contributed by atoms with van der Waals surface area (Å²) in [5, 5.41) is 4.75. The van der Waals surface area contributed by atoms with Crippen LogP contribution in [0.3, 0.4) is 0 Å². The molecule has 1 aliphatic rings. The third kappa shape index (κ3) is 4.37. The van der Waals surface area contributed by atoms with Gasteiger partial charge in [0.1, 0.15) is 0 Å². The first-order valence-electron chi connectivity index (χ1n) is 8.04. The SMILES string of the molecule is COC(=O)c1cc(N2CCOCC2)ccc1NC(=O)Cc1cccs1. The number of carbonyl (C=O) groups excluding carboxylic acids is 2. The summed E-state index contributed by atoms with van der Waals surface area (Å²) in [6, 6.07) is 9.23. The van der Waals surface area contributed by atoms with E-state index in [-0.39, 0.29) is 12.3 Å². The molecule has 25 heavy (non-hydrogen) atoms. The largest absolute Gasteiger partial charge is 0.465 e. The van der Waals surface area contributed by atoms with Crippen LogP contribution in [0.1, 0.15) is 15.2 Å². The number of rotatable bonds is 5. The van der Waals surface area contributed by atoms with E-state index in [0.29, 0.717) is 24.5 Å². The molecule has 1 aromatic carbocycles. The second-order valence-corrected chi connectivity index (χ2v) is 6.66. The highest BCUT2D eigenvalue weighted by Gasteiger charge is 2.18. The Labute approximate surface area is 150 Å². The topological polar surface area (TPSA) is 67.9 Å². The number of morpholine rings is 1. The first kappa shape index (κ1) is 17.4. The molecule has 7 heteroatoms. The van der Waals surface area contributed by atoms with Crippen LogP contribution in [0.15, 0.2) is 35.7 Å². The maximum atomic E-state index is 12.2. The van der Waals surface area contributed by atoms with Gasteiger partial charge >= 0.3 is 5.97 Å². The molecule has 0 radical (unpaired) electrons. The number of nitrogens with one attached hydrogen (secondary N) is 1. The summed E-state index contributed by atoms with van der Waals surface area (Å²) in [6.07, 6.45) is 0.281. The lowest BCUT2D eigenvalue weighted by molar-refractivity contribution is -0.115. The van der Waals surface area contributed by atoms with E-state index in [1.54, 1.807) is 12.1 Å². The molecule has 0 aliphatic carbocycles. The van der Waals surface area contributed by atoms with Gasteiger partial charge in [-0.05, 0) is 29.6 Å². The van der Waals surface area contributed by atoms with Crippen LogP contribution in [0, 0.1) is 0 Å². The third-order valence-corrected chi connectivity index (χ3v) is 4.85. The fourth-order valence-electron chi connectivity index (χ4n) is 2.70. The van der Waals surface area contributed by atoms with E-state index in [2.05, 4.69) is 10.2 Å². The highest BCUT2D eigenvalue weighted by atomic mass is 32.1. The third-order valence-electron chi connectivity index (χ3n) is 3.97. The van der Waals surface area contributed by atoms with Gasteiger partial charge in [0.25, 0.3) is 0 Å². The van der Waals surface area contributed by atoms with Gasteiger partial charge in [0.2, 0.25) is 5.91 Å². The predicted molar refractivity (Wildman–Crippen MR) is 97.5 cm³/mol. The number of hydrogen-bond acceptors (Lipinski definition) is 6. The van der Waals surface area contributed by atoms with E-state index in [0.717, 1.165) is 23.7 Å². The number of benzene rings is 1. The molecule has 0 saturated carbocycles. The Morgan fingerprint density at radius 2 is 2.08 bits per heavy atom. The number of amides is 1. The molecular weight excluding hydrogens is 340 g/mol. The van der Waals surface area contributed by atoms with E-state index in [4.69, 9.17) is 9.47 Å². The molecule has 1 N–H and O–H groups in total. The minimum Gasteiger partial charge on any atom is -0.465 e. The van der Waals surface area contributed by atoms with Gasteiger partial charge in [-0.1, -0.05) is 6.07 Å². The highest BCUT2D eigenvalue weighted by Crippen LogP contribution is 2.25. The first-order valence-corrected chi connectivity index (χ1v) is 8.92. The van der Waals surface area contributed by atoms with Crippen molar-refractivity contribution in [2.24, 2.45) is 0 Å². The van der Waals surface area contributed by atoms with Crippen LogP contribution < -0.4 is 10.2 Å². The molecule has 0 bridgehead atoms. The summed E-state index contributed by atoms with van der Waals surface area (Å²) >= 11 is 1.53. The fourth-order valence-corrected chi connectivity index (χ4v) is 3.41. The Balaban J connectivity index is 1.79. The average Bonchev–Trinajstić information content (AvgIpc) is 3.15. The van der Waals surface area contributed by atoms with Gasteiger partial charge in [-0.3, -0.25) is 4.79 Å². The van der Waals surface area contributed by atoms with Crippen molar-refractivity contribution in [1.82, 2.24) is 0 Å². The molecule has 6 nitrogen and oxygen atoms in total. The second kappa shape index (κ2) is 8.13. The zero-order valence-corrected chi connectivity index (χ0v) is 14.8. The van der Waals surface area contributed by atoms with Crippen LogP contribution >= 0.6 is 11.3 Å². The number of nitrogens with zero attached hydrogens (tertiary/aromatic N) is 1. The van der Waals surface area contributed by atoms with Crippen LogP contribution in [0.5, 0.6) is 0 Å². The lowest BCUT2D eigenvalue weighted by Gasteiger charge is -2.29. The van der Waals surface area contributed by atoms with Gasteiger partial charge in [0.05, 0.1) is 38.0 Å².